The SMILES string of the molecule is [C-]#[N+]c1ccc2c(n1)N1CCCC[C@H]1CN(Cc1cc([C@H](CC(=O)O)c3ccn4c(C(F)(F)F)nnc4c3C)ccc1C)S2(=O)=O. The van der Waals surface area contributed by atoms with Crippen molar-refractivity contribution in [2.24, 2.45) is 0 Å². The highest BCUT2D eigenvalue weighted by molar-refractivity contribution is 7.89. The summed E-state index contributed by atoms with van der Waals surface area (Å²) >= 11 is 0. The van der Waals surface area contributed by atoms with Crippen molar-refractivity contribution >= 4 is 33.3 Å². The fraction of sp³-hybridized carbons (Fsp3) is 0.387. The van der Waals surface area contributed by atoms with E-state index in [2.05, 4.69) is 20.0 Å². The first-order valence-corrected chi connectivity index (χ1v) is 16.1. The lowest BCUT2D eigenvalue weighted by Crippen LogP contribution is -2.45. The van der Waals surface area contributed by atoms with Crippen molar-refractivity contribution in [2.45, 2.75) is 69.1 Å². The zero-order chi connectivity index (χ0) is 33.0. The average Bonchev–Trinajstić information content (AvgIpc) is 3.44. The molecule has 4 aromatic rings. The first-order chi connectivity index (χ1) is 21.8. The normalized spacial score (nSPS) is 18.8. The molecule has 3 aromatic heterocycles. The maximum Gasteiger partial charge on any atom is 0.452 e. The second-order valence-corrected chi connectivity index (χ2v) is 13.6. The van der Waals surface area contributed by atoms with E-state index >= 15 is 0 Å². The Morgan fingerprint density at radius 2 is 1.93 bits per heavy atom. The number of benzene rings is 1. The molecule has 0 unspecified atom stereocenters. The number of carbonyl (C=O) groups is 1. The standard InChI is InChI=1S/C31H30F3N7O4S/c1-18-7-8-20(24(15-27(42)43)23-11-13-41-28(19(23)2)37-38-30(41)31(32,33)34)14-21(18)16-39-17-22-6-4-5-12-40(22)29-25(46(39,44)45)9-10-26(35-3)36-29/h7-11,13-14,22,24H,4-6,12,15-17H2,1-2H3,(H,42,43)/t22-,24-/m0/s1. The zero-order valence-electron chi connectivity index (χ0n) is 25.0. The zero-order valence-corrected chi connectivity index (χ0v) is 25.8. The molecule has 0 spiro atoms. The number of aromatic nitrogens is 4. The third-order valence-electron chi connectivity index (χ3n) is 8.87. The van der Waals surface area contributed by atoms with E-state index in [0.29, 0.717) is 34.6 Å². The van der Waals surface area contributed by atoms with E-state index in [1.54, 1.807) is 25.1 Å². The summed E-state index contributed by atoms with van der Waals surface area (Å²) in [7, 11) is -4.04. The van der Waals surface area contributed by atoms with Gasteiger partial charge >= 0.3 is 12.1 Å². The molecule has 2 atom stereocenters. The van der Waals surface area contributed by atoms with Crippen LogP contribution in [0.1, 0.15) is 65.2 Å². The Labute approximate surface area is 263 Å². The first-order valence-electron chi connectivity index (χ1n) is 14.7. The van der Waals surface area contributed by atoms with Crippen molar-refractivity contribution in [3.05, 3.63) is 87.7 Å². The quantitative estimate of drug-likeness (QED) is 0.271. The van der Waals surface area contributed by atoms with Gasteiger partial charge in [-0.3, -0.25) is 9.20 Å². The van der Waals surface area contributed by atoms with E-state index in [-0.39, 0.29) is 41.9 Å². The Morgan fingerprint density at radius 3 is 2.65 bits per heavy atom. The molecular formula is C31H30F3N7O4S. The number of nitrogens with zero attached hydrogens (tertiary/aromatic N) is 7. The van der Waals surface area contributed by atoms with Gasteiger partial charge in [0.1, 0.15) is 4.90 Å². The molecule has 1 N–H and O–H groups in total. The van der Waals surface area contributed by atoms with Gasteiger partial charge in [-0.05, 0) is 79.1 Å². The summed E-state index contributed by atoms with van der Waals surface area (Å²) in [5.74, 6) is -2.64. The van der Waals surface area contributed by atoms with Crippen LogP contribution in [0, 0.1) is 20.4 Å². The molecule has 5 heterocycles. The van der Waals surface area contributed by atoms with E-state index in [4.69, 9.17) is 6.57 Å². The number of aliphatic carboxylic acids is 1. The topological polar surface area (TPSA) is 125 Å². The fourth-order valence-corrected chi connectivity index (χ4v) is 8.09. The number of alkyl halides is 3. The van der Waals surface area contributed by atoms with Crippen molar-refractivity contribution in [3.8, 4) is 0 Å². The fourth-order valence-electron chi connectivity index (χ4n) is 6.50. The van der Waals surface area contributed by atoms with Crippen LogP contribution in [0.2, 0.25) is 0 Å². The summed E-state index contributed by atoms with van der Waals surface area (Å²) in [5.41, 5.74) is 2.82. The monoisotopic (exact) mass is 653 g/mol. The highest BCUT2D eigenvalue weighted by Crippen LogP contribution is 2.39. The van der Waals surface area contributed by atoms with Crippen molar-refractivity contribution in [1.29, 1.82) is 0 Å². The number of fused-ring (bicyclic) bond motifs is 4. The molecule has 11 nitrogen and oxygen atoms in total. The van der Waals surface area contributed by atoms with Crippen LogP contribution in [-0.4, -0.2) is 62.5 Å². The molecule has 1 saturated heterocycles. The lowest BCUT2D eigenvalue weighted by atomic mass is 9.85. The van der Waals surface area contributed by atoms with E-state index in [0.717, 1.165) is 29.2 Å². The molecule has 0 aliphatic carbocycles. The highest BCUT2D eigenvalue weighted by Gasteiger charge is 2.41. The van der Waals surface area contributed by atoms with Gasteiger partial charge in [-0.1, -0.05) is 24.8 Å². The summed E-state index contributed by atoms with van der Waals surface area (Å²) in [6.07, 6.45) is -1.33. The maximum atomic E-state index is 14.1. The molecule has 46 heavy (non-hydrogen) atoms. The van der Waals surface area contributed by atoms with Gasteiger partial charge in [0.25, 0.3) is 5.82 Å². The third kappa shape index (κ3) is 5.56. The van der Waals surface area contributed by atoms with E-state index in [9.17, 15) is 31.5 Å². The molecule has 1 fully saturated rings. The van der Waals surface area contributed by atoms with Gasteiger partial charge in [-0.2, -0.15) is 17.5 Å². The molecular weight excluding hydrogens is 623 g/mol. The van der Waals surface area contributed by atoms with Crippen LogP contribution in [0.4, 0.5) is 24.8 Å². The Hall–Kier alpha value is -4.55. The van der Waals surface area contributed by atoms with E-state index in [1.807, 2.05) is 11.8 Å². The van der Waals surface area contributed by atoms with Crippen molar-refractivity contribution in [1.82, 2.24) is 23.9 Å². The first kappa shape index (κ1) is 31.4. The second kappa shape index (κ2) is 11.7. The number of sulfonamides is 1. The average molecular weight is 654 g/mol. The Balaban J connectivity index is 1.41. The number of pyridine rings is 2. The molecule has 1 aromatic carbocycles. The van der Waals surface area contributed by atoms with E-state index < -0.39 is 33.9 Å². The Morgan fingerprint density at radius 1 is 1.15 bits per heavy atom. The lowest BCUT2D eigenvalue weighted by molar-refractivity contribution is -0.145. The third-order valence-corrected chi connectivity index (χ3v) is 10.7. The summed E-state index contributed by atoms with van der Waals surface area (Å²) in [6, 6.07) is 9.48. The molecule has 6 rings (SSSR count). The molecule has 15 heteroatoms. The van der Waals surface area contributed by atoms with Crippen LogP contribution < -0.4 is 4.90 Å². The largest absolute Gasteiger partial charge is 0.481 e. The maximum absolute atomic E-state index is 14.1. The van der Waals surface area contributed by atoms with E-state index in [1.165, 1.54) is 28.7 Å². The van der Waals surface area contributed by atoms with Crippen LogP contribution in [0.3, 0.4) is 0 Å². The molecule has 2 aliphatic heterocycles. The summed E-state index contributed by atoms with van der Waals surface area (Å²) in [5, 5.41) is 16.9. The van der Waals surface area contributed by atoms with Gasteiger partial charge in [0, 0.05) is 37.8 Å². The number of carboxylic acids is 1. The Bertz CT molecular complexity index is 2010. The summed E-state index contributed by atoms with van der Waals surface area (Å²) in [6.45, 7) is 11.6. The molecule has 0 amide bonds. The molecule has 0 radical (unpaired) electrons. The predicted octanol–water partition coefficient (Wildman–Crippen LogP) is 5.48. The lowest BCUT2D eigenvalue weighted by Gasteiger charge is -2.35. The minimum absolute atomic E-state index is 0.00723. The number of hydrogen-bond donors (Lipinski definition) is 1. The van der Waals surface area contributed by atoms with Gasteiger partial charge in [0.05, 0.1) is 6.42 Å². The number of hydrogen-bond acceptors (Lipinski definition) is 7. The number of anilines is 1. The summed E-state index contributed by atoms with van der Waals surface area (Å²) in [4.78, 5) is 21.9. The number of carboxylic acid groups (broad SMARTS) is 1. The van der Waals surface area contributed by atoms with Crippen molar-refractivity contribution in [3.63, 3.8) is 0 Å². The number of halogens is 3. The molecule has 0 saturated carbocycles. The minimum atomic E-state index is -4.72. The Kier molecular flexibility index (Phi) is 7.97. The number of rotatable bonds is 6. The number of aryl methyl sites for hydroxylation is 2. The minimum Gasteiger partial charge on any atom is -0.481 e. The molecule has 0 bridgehead atoms. The number of piperidine rings is 1. The van der Waals surface area contributed by atoms with Crippen LogP contribution in [0.25, 0.3) is 10.5 Å². The second-order valence-electron chi connectivity index (χ2n) is 11.7. The van der Waals surface area contributed by atoms with Gasteiger partial charge < -0.3 is 14.9 Å². The summed E-state index contributed by atoms with van der Waals surface area (Å²) < 4.78 is 70.9. The van der Waals surface area contributed by atoms with Gasteiger partial charge in [0.2, 0.25) is 21.7 Å². The molecule has 2 aliphatic rings. The van der Waals surface area contributed by atoms with Crippen molar-refractivity contribution in [2.75, 3.05) is 18.0 Å². The van der Waals surface area contributed by atoms with Gasteiger partial charge in [-0.15, -0.1) is 15.2 Å². The van der Waals surface area contributed by atoms with Crippen LogP contribution in [0.15, 0.2) is 47.5 Å². The van der Waals surface area contributed by atoms with Gasteiger partial charge in [-0.25, -0.2) is 8.42 Å². The highest BCUT2D eigenvalue weighted by atomic mass is 32.2. The van der Waals surface area contributed by atoms with Crippen molar-refractivity contribution < 1.29 is 31.5 Å². The smallest absolute Gasteiger partial charge is 0.452 e. The predicted molar refractivity (Wildman–Crippen MR) is 161 cm³/mol. The van der Waals surface area contributed by atoms with Crippen LogP contribution in [0.5, 0.6) is 0 Å². The van der Waals surface area contributed by atoms with Crippen LogP contribution in [-0.2, 0) is 27.5 Å². The van der Waals surface area contributed by atoms with Gasteiger partial charge in [0.15, 0.2) is 5.65 Å². The molecule has 240 valence electrons. The van der Waals surface area contributed by atoms with Crippen LogP contribution >= 0.6 is 0 Å².